The van der Waals surface area contributed by atoms with Gasteiger partial charge in [-0.25, -0.2) is 4.98 Å². The smallest absolute Gasteiger partial charge is 0.225 e. The fourth-order valence-electron chi connectivity index (χ4n) is 2.21. The molecule has 0 fully saturated rings. The maximum atomic E-state index is 10.1. The molecule has 4 nitrogen and oxygen atoms in total. The molecule has 0 amide bonds. The van der Waals surface area contributed by atoms with E-state index in [1.807, 2.05) is 65.4 Å². The second kappa shape index (κ2) is 6.05. The molecule has 1 heterocycles. The van der Waals surface area contributed by atoms with Gasteiger partial charge < -0.3 is 4.57 Å². The predicted molar refractivity (Wildman–Crippen MR) is 80.9 cm³/mol. The number of hydrogen-bond acceptors (Lipinski definition) is 2. The number of imidazole rings is 1. The lowest BCUT2D eigenvalue weighted by molar-refractivity contribution is -0.783. The molecular weight excluding hydrogens is 262 g/mol. The Morgan fingerprint density at radius 3 is 2.57 bits per heavy atom. The number of rotatable bonds is 4. The average Bonchev–Trinajstić information content (AvgIpc) is 3.03. The third-order valence-electron chi connectivity index (χ3n) is 3.19. The molecule has 1 aromatic heterocycles. The molecule has 4 heteroatoms. The minimum absolute atomic E-state index is 0.444. The van der Waals surface area contributed by atoms with Gasteiger partial charge in [-0.15, -0.1) is 0 Å². The summed E-state index contributed by atoms with van der Waals surface area (Å²) >= 11 is 0. The van der Waals surface area contributed by atoms with E-state index < -0.39 is 0 Å². The highest BCUT2D eigenvalue weighted by atomic mass is 16.5. The third-order valence-corrected chi connectivity index (χ3v) is 3.19. The Kier molecular flexibility index (Phi) is 3.78. The quantitative estimate of drug-likeness (QED) is 0.345. The SMILES string of the molecule is O/[N+](=C\c1ccccc1-n1ccnc1)Cc1ccccc1. The summed E-state index contributed by atoms with van der Waals surface area (Å²) in [6.45, 7) is 0.444. The molecule has 1 N–H and O–H groups in total. The van der Waals surface area contributed by atoms with E-state index >= 15 is 0 Å². The lowest BCUT2D eigenvalue weighted by atomic mass is 10.2. The molecule has 0 bridgehead atoms. The monoisotopic (exact) mass is 278 g/mol. The van der Waals surface area contributed by atoms with Crippen molar-refractivity contribution in [3.05, 3.63) is 84.4 Å². The van der Waals surface area contributed by atoms with Crippen molar-refractivity contribution in [2.45, 2.75) is 6.54 Å². The first-order chi connectivity index (χ1) is 10.3. The number of aromatic nitrogens is 2. The van der Waals surface area contributed by atoms with Gasteiger partial charge >= 0.3 is 0 Å². The highest BCUT2D eigenvalue weighted by Gasteiger charge is 2.08. The summed E-state index contributed by atoms with van der Waals surface area (Å²) in [6.07, 6.45) is 7.08. The van der Waals surface area contributed by atoms with Crippen molar-refractivity contribution >= 4 is 6.21 Å². The molecule has 0 aliphatic heterocycles. The van der Waals surface area contributed by atoms with Crippen LogP contribution in [0.25, 0.3) is 5.69 Å². The normalized spacial score (nSPS) is 11.5. The third kappa shape index (κ3) is 3.17. The number of hydrogen-bond donors (Lipinski definition) is 1. The second-order valence-electron chi connectivity index (χ2n) is 4.74. The van der Waals surface area contributed by atoms with Gasteiger partial charge in [-0.05, 0) is 16.9 Å². The standard InChI is InChI=1S/C17H16N3O/c21-20(12-15-6-2-1-3-7-15)13-16-8-4-5-9-17(16)19-11-10-18-14-19/h1-11,13-14,21H,12H2/q+1. The minimum Gasteiger partial charge on any atom is -0.305 e. The van der Waals surface area contributed by atoms with Crippen LogP contribution in [0.3, 0.4) is 0 Å². The lowest BCUT2D eigenvalue weighted by Gasteiger charge is -2.04. The van der Waals surface area contributed by atoms with Crippen molar-refractivity contribution in [3.63, 3.8) is 0 Å². The first kappa shape index (κ1) is 13.1. The summed E-state index contributed by atoms with van der Waals surface area (Å²) in [4.78, 5) is 4.06. The number of hydroxylamine groups is 1. The molecule has 0 saturated heterocycles. The molecule has 3 aromatic rings. The van der Waals surface area contributed by atoms with Crippen LogP contribution < -0.4 is 0 Å². The van der Waals surface area contributed by atoms with Crippen LogP contribution in [0.1, 0.15) is 11.1 Å². The maximum Gasteiger partial charge on any atom is 0.225 e. The van der Waals surface area contributed by atoms with Crippen molar-refractivity contribution in [2.75, 3.05) is 0 Å². The first-order valence-corrected chi connectivity index (χ1v) is 6.74. The second-order valence-corrected chi connectivity index (χ2v) is 4.74. The Balaban J connectivity index is 1.89. The molecule has 0 radical (unpaired) electrons. The maximum absolute atomic E-state index is 10.1. The van der Waals surface area contributed by atoms with E-state index in [9.17, 15) is 5.21 Å². The minimum atomic E-state index is 0.444. The number of para-hydroxylation sites is 1. The summed E-state index contributed by atoms with van der Waals surface area (Å²) in [6, 6.07) is 17.7. The van der Waals surface area contributed by atoms with Crippen LogP contribution in [-0.4, -0.2) is 25.7 Å². The molecule has 0 spiro atoms. The van der Waals surface area contributed by atoms with Crippen LogP contribution in [0.2, 0.25) is 0 Å². The average molecular weight is 278 g/mol. The first-order valence-electron chi connectivity index (χ1n) is 6.74. The number of nitrogens with zero attached hydrogens (tertiary/aromatic N) is 3. The molecule has 21 heavy (non-hydrogen) atoms. The topological polar surface area (TPSA) is 41.1 Å². The van der Waals surface area contributed by atoms with Gasteiger partial charge in [-0.2, -0.15) is 0 Å². The van der Waals surface area contributed by atoms with Crippen molar-refractivity contribution in [1.29, 1.82) is 0 Å². The van der Waals surface area contributed by atoms with Crippen LogP contribution in [0, 0.1) is 0 Å². The lowest BCUT2D eigenvalue weighted by Crippen LogP contribution is -2.10. The molecule has 104 valence electrons. The zero-order chi connectivity index (χ0) is 14.5. The van der Waals surface area contributed by atoms with Crippen molar-refractivity contribution in [2.24, 2.45) is 0 Å². The summed E-state index contributed by atoms with van der Waals surface area (Å²) in [5, 5.41) is 10.1. The van der Waals surface area contributed by atoms with Crippen LogP contribution in [0.4, 0.5) is 0 Å². The zero-order valence-corrected chi connectivity index (χ0v) is 11.5. The fraction of sp³-hybridized carbons (Fsp3) is 0.0588. The summed E-state index contributed by atoms with van der Waals surface area (Å²) in [7, 11) is 0. The van der Waals surface area contributed by atoms with Crippen molar-refractivity contribution in [3.8, 4) is 5.69 Å². The van der Waals surface area contributed by atoms with E-state index in [1.165, 1.54) is 4.74 Å². The highest BCUT2D eigenvalue weighted by Crippen LogP contribution is 2.12. The Morgan fingerprint density at radius 2 is 1.81 bits per heavy atom. The molecule has 0 saturated carbocycles. The highest BCUT2D eigenvalue weighted by molar-refractivity contribution is 5.81. The van der Waals surface area contributed by atoms with Gasteiger partial charge in [0.1, 0.15) is 0 Å². The largest absolute Gasteiger partial charge is 0.305 e. The van der Waals surface area contributed by atoms with Gasteiger partial charge in [-0.1, -0.05) is 42.5 Å². The van der Waals surface area contributed by atoms with E-state index in [4.69, 9.17) is 0 Å². The van der Waals surface area contributed by atoms with Crippen LogP contribution in [-0.2, 0) is 6.54 Å². The molecule has 2 aromatic carbocycles. The fourth-order valence-corrected chi connectivity index (χ4v) is 2.21. The van der Waals surface area contributed by atoms with Gasteiger partial charge in [0.15, 0.2) is 0 Å². The molecule has 0 aliphatic rings. The summed E-state index contributed by atoms with van der Waals surface area (Å²) < 4.78 is 3.12. The van der Waals surface area contributed by atoms with Gasteiger partial charge in [0, 0.05) is 18.0 Å². The zero-order valence-electron chi connectivity index (χ0n) is 11.5. The predicted octanol–water partition coefficient (Wildman–Crippen LogP) is 2.89. The number of benzene rings is 2. The van der Waals surface area contributed by atoms with E-state index in [0.29, 0.717) is 6.54 Å². The van der Waals surface area contributed by atoms with Crippen LogP contribution in [0.5, 0.6) is 0 Å². The Morgan fingerprint density at radius 1 is 1.05 bits per heavy atom. The van der Waals surface area contributed by atoms with E-state index in [-0.39, 0.29) is 0 Å². The Bertz CT molecular complexity index is 734. The molecule has 0 aliphatic carbocycles. The van der Waals surface area contributed by atoms with Gasteiger partial charge in [0.2, 0.25) is 12.8 Å². The van der Waals surface area contributed by atoms with Crippen LogP contribution in [0.15, 0.2) is 73.3 Å². The summed E-state index contributed by atoms with van der Waals surface area (Å²) in [5.74, 6) is 0. The Hall–Kier alpha value is -2.88. The molecule has 0 atom stereocenters. The molecule has 3 rings (SSSR count). The van der Waals surface area contributed by atoms with Crippen LogP contribution >= 0.6 is 0 Å². The molecule has 0 unspecified atom stereocenters. The Labute approximate surface area is 123 Å². The van der Waals surface area contributed by atoms with Crippen molar-refractivity contribution < 1.29 is 9.95 Å². The van der Waals surface area contributed by atoms with E-state index in [0.717, 1.165) is 16.8 Å². The van der Waals surface area contributed by atoms with Gasteiger partial charge in [-0.3, -0.25) is 5.21 Å². The van der Waals surface area contributed by atoms with Gasteiger partial charge in [0.25, 0.3) is 0 Å². The summed E-state index contributed by atoms with van der Waals surface area (Å²) in [5.41, 5.74) is 2.95. The molecular formula is C17H16N3O+. The van der Waals surface area contributed by atoms with Crippen molar-refractivity contribution in [1.82, 2.24) is 9.55 Å². The van der Waals surface area contributed by atoms with E-state index in [2.05, 4.69) is 4.98 Å². The van der Waals surface area contributed by atoms with E-state index in [1.54, 1.807) is 18.7 Å². The van der Waals surface area contributed by atoms with Gasteiger partial charge in [0.05, 0.1) is 17.6 Å².